The number of carbonyl (C=O) groups excluding carboxylic acids is 1. The number of phenols is 1. The molecule has 3 N–H and O–H groups in total. The Bertz CT molecular complexity index is 1430. The smallest absolute Gasteiger partial charge is 0.335 e. The zero-order chi connectivity index (χ0) is 26.4. The van der Waals surface area contributed by atoms with E-state index in [2.05, 4.69) is 11.4 Å². The molecule has 4 rings (SSSR count). The van der Waals surface area contributed by atoms with Gasteiger partial charge in [-0.2, -0.15) is 0 Å². The highest BCUT2D eigenvalue weighted by Gasteiger charge is 2.18. The first-order valence-electron chi connectivity index (χ1n) is 12.1. The average molecular weight is 500 g/mol. The van der Waals surface area contributed by atoms with Gasteiger partial charge in [-0.15, -0.1) is 0 Å². The third-order valence-electron chi connectivity index (χ3n) is 6.00. The lowest BCUT2D eigenvalue weighted by atomic mass is 10.0. The van der Waals surface area contributed by atoms with E-state index >= 15 is 0 Å². The number of phenolic OH excluding ortho intramolecular Hbond substituents is 1. The van der Waals surface area contributed by atoms with Crippen LogP contribution >= 0.6 is 0 Å². The molecule has 0 saturated carbocycles. The Morgan fingerprint density at radius 1 is 0.865 bits per heavy atom. The topological polar surface area (TPSA) is 105 Å². The second kappa shape index (κ2) is 11.5. The first-order valence-corrected chi connectivity index (χ1v) is 12.1. The summed E-state index contributed by atoms with van der Waals surface area (Å²) >= 11 is 0. The summed E-state index contributed by atoms with van der Waals surface area (Å²) < 4.78 is 11.8. The van der Waals surface area contributed by atoms with E-state index in [-0.39, 0.29) is 16.9 Å². The maximum Gasteiger partial charge on any atom is 0.335 e. The van der Waals surface area contributed by atoms with E-state index in [0.717, 1.165) is 17.7 Å². The normalized spacial score (nSPS) is 10.8. The molecule has 4 aromatic carbocycles. The molecule has 1 amide bonds. The first-order chi connectivity index (χ1) is 17.8. The van der Waals surface area contributed by atoms with E-state index < -0.39 is 11.9 Å². The van der Waals surface area contributed by atoms with Crippen LogP contribution in [-0.2, 0) is 0 Å². The third-order valence-corrected chi connectivity index (χ3v) is 6.00. The molecule has 7 nitrogen and oxygen atoms in total. The van der Waals surface area contributed by atoms with E-state index in [4.69, 9.17) is 14.6 Å². The van der Waals surface area contributed by atoms with Crippen molar-refractivity contribution in [2.24, 2.45) is 0 Å². The predicted molar refractivity (Wildman–Crippen MR) is 142 cm³/mol. The molecule has 0 saturated heterocycles. The SMILES string of the molecule is Cc1ccc(OCCCCNC(=O)c2cc(Oc3ccc(C(=O)O)cc3)c3ccccc3c2O)c(C)c1. The van der Waals surface area contributed by atoms with Gasteiger partial charge in [0.2, 0.25) is 0 Å². The number of carboxylic acid groups (broad SMARTS) is 1. The van der Waals surface area contributed by atoms with Crippen LogP contribution < -0.4 is 14.8 Å². The van der Waals surface area contributed by atoms with Gasteiger partial charge < -0.3 is 25.0 Å². The van der Waals surface area contributed by atoms with Gasteiger partial charge in [0.05, 0.1) is 17.7 Å². The standard InChI is InChI=1S/C30H29NO6/c1-19-9-14-26(20(2)17-19)36-16-6-5-15-31-29(33)25-18-27(23-7-3-4-8-24(23)28(25)32)37-22-12-10-21(11-13-22)30(34)35/h3-4,7-14,17-18,32H,5-6,15-16H2,1-2H3,(H,31,33)(H,34,35). The molecular weight excluding hydrogens is 470 g/mol. The molecule has 0 heterocycles. The quantitative estimate of drug-likeness (QED) is 0.223. The van der Waals surface area contributed by atoms with Gasteiger partial charge in [0.15, 0.2) is 0 Å². The number of rotatable bonds is 10. The number of amides is 1. The predicted octanol–water partition coefficient (Wildman–Crippen LogP) is 6.24. The van der Waals surface area contributed by atoms with Gasteiger partial charge in [0, 0.05) is 17.3 Å². The number of ether oxygens (including phenoxy) is 2. The monoisotopic (exact) mass is 499 g/mol. The van der Waals surface area contributed by atoms with Crippen LogP contribution in [0.5, 0.6) is 23.0 Å². The van der Waals surface area contributed by atoms with Crippen molar-refractivity contribution in [3.05, 3.63) is 95.1 Å². The molecule has 4 aromatic rings. The molecule has 0 fully saturated rings. The van der Waals surface area contributed by atoms with Gasteiger partial charge in [-0.25, -0.2) is 4.79 Å². The highest BCUT2D eigenvalue weighted by Crippen LogP contribution is 2.38. The number of fused-ring (bicyclic) bond motifs is 1. The number of aromatic hydroxyl groups is 1. The van der Waals surface area contributed by atoms with Gasteiger partial charge in [0.25, 0.3) is 5.91 Å². The summed E-state index contributed by atoms with van der Waals surface area (Å²) in [6, 6.07) is 20.6. The largest absolute Gasteiger partial charge is 0.506 e. The van der Waals surface area contributed by atoms with E-state index in [0.29, 0.717) is 41.8 Å². The number of nitrogens with one attached hydrogen (secondary N) is 1. The average Bonchev–Trinajstić information content (AvgIpc) is 2.89. The number of carboxylic acids is 1. The molecule has 0 aliphatic rings. The molecule has 0 aromatic heterocycles. The van der Waals surface area contributed by atoms with E-state index in [1.54, 1.807) is 30.3 Å². The van der Waals surface area contributed by atoms with Gasteiger partial charge in [-0.05, 0) is 68.7 Å². The number of hydrogen-bond donors (Lipinski definition) is 3. The Hall–Kier alpha value is -4.52. The summed E-state index contributed by atoms with van der Waals surface area (Å²) in [4.78, 5) is 24.1. The Kier molecular flexibility index (Phi) is 7.93. The Labute approximate surface area is 215 Å². The summed E-state index contributed by atoms with van der Waals surface area (Å²) in [6.07, 6.45) is 1.47. The minimum Gasteiger partial charge on any atom is -0.506 e. The molecular formula is C30H29NO6. The number of benzene rings is 4. The van der Waals surface area contributed by atoms with Crippen molar-refractivity contribution in [2.75, 3.05) is 13.2 Å². The maximum absolute atomic E-state index is 12.9. The molecule has 37 heavy (non-hydrogen) atoms. The molecule has 0 aliphatic carbocycles. The van der Waals surface area contributed by atoms with Gasteiger partial charge in [-0.3, -0.25) is 4.79 Å². The maximum atomic E-state index is 12.9. The fourth-order valence-electron chi connectivity index (χ4n) is 4.04. The highest BCUT2D eigenvalue weighted by molar-refractivity contribution is 6.06. The summed E-state index contributed by atoms with van der Waals surface area (Å²) in [5.74, 6) is 0.0854. The van der Waals surface area contributed by atoms with Gasteiger partial charge in [0.1, 0.15) is 23.0 Å². The van der Waals surface area contributed by atoms with Crippen LogP contribution in [0.25, 0.3) is 10.8 Å². The number of aromatic carboxylic acids is 1. The Morgan fingerprint density at radius 3 is 2.30 bits per heavy atom. The zero-order valence-electron chi connectivity index (χ0n) is 20.8. The lowest BCUT2D eigenvalue weighted by Crippen LogP contribution is -2.25. The van der Waals surface area contributed by atoms with Crippen molar-refractivity contribution in [3.8, 4) is 23.0 Å². The zero-order valence-corrected chi connectivity index (χ0v) is 20.8. The van der Waals surface area contributed by atoms with E-state index in [1.807, 2.05) is 32.0 Å². The van der Waals surface area contributed by atoms with Gasteiger partial charge in [-0.1, -0.05) is 42.0 Å². The molecule has 0 unspecified atom stereocenters. The van der Waals surface area contributed by atoms with Crippen LogP contribution in [0.4, 0.5) is 0 Å². The fraction of sp³-hybridized carbons (Fsp3) is 0.200. The lowest BCUT2D eigenvalue weighted by Gasteiger charge is -2.14. The molecule has 190 valence electrons. The lowest BCUT2D eigenvalue weighted by molar-refractivity contribution is 0.0696. The summed E-state index contributed by atoms with van der Waals surface area (Å²) in [5, 5.41) is 23.9. The fourth-order valence-corrected chi connectivity index (χ4v) is 4.04. The van der Waals surface area contributed by atoms with E-state index in [1.165, 1.54) is 23.8 Å². The minimum atomic E-state index is -1.03. The molecule has 0 aliphatic heterocycles. The van der Waals surface area contributed by atoms with Crippen molar-refractivity contribution in [2.45, 2.75) is 26.7 Å². The van der Waals surface area contributed by atoms with Crippen LogP contribution in [-0.4, -0.2) is 35.2 Å². The molecule has 7 heteroatoms. The molecule has 0 spiro atoms. The van der Waals surface area contributed by atoms with Crippen molar-refractivity contribution in [1.29, 1.82) is 0 Å². The summed E-state index contributed by atoms with van der Waals surface area (Å²) in [5.41, 5.74) is 2.52. The van der Waals surface area contributed by atoms with Crippen molar-refractivity contribution < 1.29 is 29.3 Å². The summed E-state index contributed by atoms with van der Waals surface area (Å²) in [6.45, 7) is 5.02. The molecule has 0 bridgehead atoms. The Balaban J connectivity index is 1.41. The van der Waals surface area contributed by atoms with Crippen molar-refractivity contribution >= 4 is 22.6 Å². The van der Waals surface area contributed by atoms with E-state index in [9.17, 15) is 14.7 Å². The molecule has 0 atom stereocenters. The van der Waals surface area contributed by atoms with Gasteiger partial charge >= 0.3 is 5.97 Å². The second-order valence-electron chi connectivity index (χ2n) is 8.83. The molecule has 0 radical (unpaired) electrons. The van der Waals surface area contributed by atoms with Crippen LogP contribution in [0, 0.1) is 13.8 Å². The van der Waals surface area contributed by atoms with Crippen molar-refractivity contribution in [3.63, 3.8) is 0 Å². The second-order valence-corrected chi connectivity index (χ2v) is 8.83. The Morgan fingerprint density at radius 2 is 1.59 bits per heavy atom. The van der Waals surface area contributed by atoms with Crippen LogP contribution in [0.15, 0.2) is 72.8 Å². The first kappa shape index (κ1) is 25.6. The highest BCUT2D eigenvalue weighted by atomic mass is 16.5. The van der Waals surface area contributed by atoms with Crippen LogP contribution in [0.1, 0.15) is 44.7 Å². The van der Waals surface area contributed by atoms with Crippen LogP contribution in [0.2, 0.25) is 0 Å². The third kappa shape index (κ3) is 6.19. The van der Waals surface area contributed by atoms with Crippen molar-refractivity contribution in [1.82, 2.24) is 5.32 Å². The number of unbranched alkanes of at least 4 members (excludes halogenated alkanes) is 1. The summed E-state index contributed by atoms with van der Waals surface area (Å²) in [7, 11) is 0. The number of carbonyl (C=O) groups is 2. The minimum absolute atomic E-state index is 0.0994. The van der Waals surface area contributed by atoms with Crippen LogP contribution in [0.3, 0.4) is 0 Å². The number of hydrogen-bond acceptors (Lipinski definition) is 5. The number of aryl methyl sites for hydroxylation is 2.